The highest BCUT2D eigenvalue weighted by Gasteiger charge is 2.21. The molecule has 0 aliphatic rings. The summed E-state index contributed by atoms with van der Waals surface area (Å²) in [6, 6.07) is 9.50. The molecule has 0 N–H and O–H groups in total. The van der Waals surface area contributed by atoms with Crippen molar-refractivity contribution in [2.45, 2.75) is 47.3 Å². The molecule has 3 rings (SSSR count). The lowest BCUT2D eigenvalue weighted by Gasteiger charge is -2.14. The van der Waals surface area contributed by atoms with Gasteiger partial charge in [0.05, 0.1) is 42.0 Å². The zero-order chi connectivity index (χ0) is 21.0. The number of fused-ring (bicyclic) bond motifs is 1. The third kappa shape index (κ3) is 4.62. The predicted molar refractivity (Wildman–Crippen MR) is 109 cm³/mol. The first-order chi connectivity index (χ1) is 13.9. The van der Waals surface area contributed by atoms with E-state index in [0.29, 0.717) is 17.8 Å². The standard InChI is InChI=1S/C22H25N3O4/c1-5-28-22(27)21-16(4)17-8-6-7-9-18(17)23-19(21)13-29-20(26)10-11-25-15(3)12-14(2)24-25/h6-9,12H,5,10-11,13H2,1-4H3. The molecular weight excluding hydrogens is 370 g/mol. The fourth-order valence-electron chi connectivity index (χ4n) is 3.34. The Kier molecular flexibility index (Phi) is 6.26. The maximum absolute atomic E-state index is 12.5. The monoisotopic (exact) mass is 395 g/mol. The number of rotatable bonds is 7. The molecule has 3 aromatic rings. The van der Waals surface area contributed by atoms with Crippen molar-refractivity contribution in [1.82, 2.24) is 14.8 Å². The molecule has 0 aliphatic carbocycles. The molecule has 0 aliphatic heterocycles. The van der Waals surface area contributed by atoms with Crippen LogP contribution >= 0.6 is 0 Å². The third-order valence-corrected chi connectivity index (χ3v) is 4.71. The van der Waals surface area contributed by atoms with Gasteiger partial charge in [0.1, 0.15) is 6.61 Å². The van der Waals surface area contributed by atoms with Crippen molar-refractivity contribution < 1.29 is 19.1 Å². The first kappa shape index (κ1) is 20.5. The summed E-state index contributed by atoms with van der Waals surface area (Å²) in [5, 5.41) is 5.21. The number of aryl methyl sites for hydroxylation is 4. The average Bonchev–Trinajstić information content (AvgIpc) is 3.02. The van der Waals surface area contributed by atoms with Gasteiger partial charge < -0.3 is 9.47 Å². The minimum Gasteiger partial charge on any atom is -0.462 e. The van der Waals surface area contributed by atoms with Crippen LogP contribution in [-0.4, -0.2) is 33.3 Å². The number of pyridine rings is 1. The Morgan fingerprint density at radius 3 is 2.55 bits per heavy atom. The average molecular weight is 395 g/mol. The van der Waals surface area contributed by atoms with Gasteiger partial charge in [-0.25, -0.2) is 9.78 Å². The largest absolute Gasteiger partial charge is 0.462 e. The van der Waals surface area contributed by atoms with Crippen molar-refractivity contribution >= 4 is 22.8 Å². The van der Waals surface area contributed by atoms with Gasteiger partial charge in [-0.2, -0.15) is 5.10 Å². The van der Waals surface area contributed by atoms with Gasteiger partial charge in [-0.3, -0.25) is 9.48 Å². The van der Waals surface area contributed by atoms with E-state index in [4.69, 9.17) is 9.47 Å². The highest BCUT2D eigenvalue weighted by Crippen LogP contribution is 2.24. The molecule has 2 heterocycles. The van der Waals surface area contributed by atoms with E-state index in [0.717, 1.165) is 27.9 Å². The van der Waals surface area contributed by atoms with Crippen LogP contribution in [0.2, 0.25) is 0 Å². The van der Waals surface area contributed by atoms with Gasteiger partial charge in [-0.1, -0.05) is 18.2 Å². The molecule has 0 saturated carbocycles. The summed E-state index contributed by atoms with van der Waals surface area (Å²) >= 11 is 0. The van der Waals surface area contributed by atoms with Gasteiger partial charge in [0.15, 0.2) is 0 Å². The number of hydrogen-bond acceptors (Lipinski definition) is 6. The number of benzene rings is 1. The summed E-state index contributed by atoms with van der Waals surface area (Å²) in [4.78, 5) is 29.3. The van der Waals surface area contributed by atoms with Gasteiger partial charge in [0, 0.05) is 11.1 Å². The van der Waals surface area contributed by atoms with Crippen LogP contribution in [0.15, 0.2) is 30.3 Å². The Labute approximate surface area is 169 Å². The molecule has 0 radical (unpaired) electrons. The minimum absolute atomic E-state index is 0.0875. The Morgan fingerprint density at radius 1 is 1.10 bits per heavy atom. The fraction of sp³-hybridized carbons (Fsp3) is 0.364. The Bertz CT molecular complexity index is 1060. The smallest absolute Gasteiger partial charge is 0.340 e. The van der Waals surface area contributed by atoms with Gasteiger partial charge in [0.2, 0.25) is 0 Å². The molecule has 0 bridgehead atoms. The first-order valence-corrected chi connectivity index (χ1v) is 9.62. The molecule has 0 atom stereocenters. The quantitative estimate of drug-likeness (QED) is 0.568. The number of para-hydroxylation sites is 1. The summed E-state index contributed by atoms with van der Waals surface area (Å²) in [6.45, 7) is 8.06. The Balaban J connectivity index is 1.77. The van der Waals surface area contributed by atoms with Crippen molar-refractivity contribution in [2.24, 2.45) is 0 Å². The summed E-state index contributed by atoms with van der Waals surface area (Å²) in [5.41, 5.74) is 4.17. The van der Waals surface area contributed by atoms with Crippen LogP contribution in [0.5, 0.6) is 0 Å². The van der Waals surface area contributed by atoms with E-state index in [1.807, 2.05) is 51.1 Å². The lowest BCUT2D eigenvalue weighted by molar-refractivity contribution is -0.145. The second kappa shape index (κ2) is 8.86. The molecule has 29 heavy (non-hydrogen) atoms. The van der Waals surface area contributed by atoms with E-state index < -0.39 is 5.97 Å². The number of hydrogen-bond donors (Lipinski definition) is 0. The van der Waals surface area contributed by atoms with Crippen LogP contribution in [0.25, 0.3) is 10.9 Å². The van der Waals surface area contributed by atoms with Crippen molar-refractivity contribution in [3.05, 3.63) is 58.5 Å². The second-order valence-corrected chi connectivity index (χ2v) is 6.86. The number of ether oxygens (including phenoxy) is 2. The number of esters is 2. The summed E-state index contributed by atoms with van der Waals surface area (Å²) in [5.74, 6) is -0.836. The van der Waals surface area contributed by atoms with Gasteiger partial charge in [-0.05, 0) is 45.4 Å². The lowest BCUT2D eigenvalue weighted by atomic mass is 10.0. The molecule has 0 fully saturated rings. The summed E-state index contributed by atoms with van der Waals surface area (Å²) in [7, 11) is 0. The van der Waals surface area contributed by atoms with E-state index in [9.17, 15) is 9.59 Å². The van der Waals surface area contributed by atoms with Crippen LogP contribution in [-0.2, 0) is 27.4 Å². The summed E-state index contributed by atoms with van der Waals surface area (Å²) < 4.78 is 12.4. The highest BCUT2D eigenvalue weighted by molar-refractivity contribution is 5.98. The van der Waals surface area contributed by atoms with Crippen LogP contribution in [0.4, 0.5) is 0 Å². The van der Waals surface area contributed by atoms with Gasteiger partial charge >= 0.3 is 11.9 Å². The molecule has 7 nitrogen and oxygen atoms in total. The van der Waals surface area contributed by atoms with Crippen LogP contribution in [0, 0.1) is 20.8 Å². The Morgan fingerprint density at radius 2 is 1.86 bits per heavy atom. The number of nitrogens with zero attached hydrogens (tertiary/aromatic N) is 3. The molecule has 7 heteroatoms. The first-order valence-electron chi connectivity index (χ1n) is 9.62. The highest BCUT2D eigenvalue weighted by atomic mass is 16.5. The van der Waals surface area contributed by atoms with Crippen LogP contribution in [0.3, 0.4) is 0 Å². The van der Waals surface area contributed by atoms with Gasteiger partial charge in [-0.15, -0.1) is 0 Å². The second-order valence-electron chi connectivity index (χ2n) is 6.86. The number of carbonyl (C=O) groups is 2. The van der Waals surface area contributed by atoms with Crippen molar-refractivity contribution in [3.8, 4) is 0 Å². The van der Waals surface area contributed by atoms with Crippen LogP contribution in [0.1, 0.15) is 46.3 Å². The minimum atomic E-state index is -0.461. The zero-order valence-electron chi connectivity index (χ0n) is 17.2. The van der Waals surface area contributed by atoms with Crippen molar-refractivity contribution in [1.29, 1.82) is 0 Å². The SMILES string of the molecule is CCOC(=O)c1c(COC(=O)CCn2nc(C)cc2C)nc2ccccc2c1C. The van der Waals surface area contributed by atoms with E-state index >= 15 is 0 Å². The molecule has 152 valence electrons. The van der Waals surface area contributed by atoms with Gasteiger partial charge in [0.25, 0.3) is 0 Å². The lowest BCUT2D eigenvalue weighted by Crippen LogP contribution is -2.16. The molecular formula is C22H25N3O4. The molecule has 0 amide bonds. The predicted octanol–water partition coefficient (Wildman–Crippen LogP) is 3.67. The third-order valence-electron chi connectivity index (χ3n) is 4.71. The van der Waals surface area contributed by atoms with E-state index in [-0.39, 0.29) is 25.6 Å². The topological polar surface area (TPSA) is 83.3 Å². The molecule has 1 aromatic carbocycles. The number of carbonyl (C=O) groups excluding carboxylic acids is 2. The molecule has 0 unspecified atom stereocenters. The molecule has 2 aromatic heterocycles. The zero-order valence-corrected chi connectivity index (χ0v) is 17.2. The fourth-order valence-corrected chi connectivity index (χ4v) is 3.34. The maximum Gasteiger partial charge on any atom is 0.340 e. The van der Waals surface area contributed by atoms with Crippen LogP contribution < -0.4 is 0 Å². The van der Waals surface area contributed by atoms with Crippen molar-refractivity contribution in [3.63, 3.8) is 0 Å². The molecule has 0 saturated heterocycles. The summed E-state index contributed by atoms with van der Waals surface area (Å²) in [6.07, 6.45) is 0.184. The normalized spacial score (nSPS) is 10.9. The number of aromatic nitrogens is 3. The van der Waals surface area contributed by atoms with Crippen molar-refractivity contribution in [2.75, 3.05) is 6.61 Å². The van der Waals surface area contributed by atoms with E-state index in [1.165, 1.54) is 0 Å². The Hall–Kier alpha value is -3.22. The molecule has 0 spiro atoms. The van der Waals surface area contributed by atoms with E-state index in [1.54, 1.807) is 11.6 Å². The maximum atomic E-state index is 12.5. The van der Waals surface area contributed by atoms with E-state index in [2.05, 4.69) is 10.1 Å².